The summed E-state index contributed by atoms with van der Waals surface area (Å²) in [7, 11) is 0. The molecule has 0 aromatic heterocycles. The molecule has 0 aromatic carbocycles. The first kappa shape index (κ1) is 33.4. The second-order valence-electron chi connectivity index (χ2n) is 9.72. The SMILES string of the molecule is CC(C)COC(=O)OCC(C)OCC(C)OCC(C)OCC(C)OCC(C)OC(=O)OCC(C)C. The van der Waals surface area contributed by atoms with Gasteiger partial charge in [0.15, 0.2) is 0 Å². The normalized spacial score (nSPS) is 15.9. The van der Waals surface area contributed by atoms with Crippen molar-refractivity contribution in [2.45, 2.75) is 92.8 Å². The molecule has 0 aliphatic rings. The predicted octanol–water partition coefficient (Wildman–Crippen LogP) is 4.61. The third kappa shape index (κ3) is 21.4. The van der Waals surface area contributed by atoms with Gasteiger partial charge in [0.2, 0.25) is 0 Å². The summed E-state index contributed by atoms with van der Waals surface area (Å²) in [5.41, 5.74) is 0. The van der Waals surface area contributed by atoms with E-state index in [1.165, 1.54) is 0 Å². The number of carbonyl (C=O) groups is 2. The largest absolute Gasteiger partial charge is 0.508 e. The van der Waals surface area contributed by atoms with Gasteiger partial charge in [-0.25, -0.2) is 9.59 Å². The number of rotatable bonds is 19. The van der Waals surface area contributed by atoms with E-state index in [9.17, 15) is 9.59 Å². The lowest BCUT2D eigenvalue weighted by Crippen LogP contribution is -2.30. The molecule has 10 heteroatoms. The molecule has 0 aliphatic carbocycles. The molecule has 0 radical (unpaired) electrons. The summed E-state index contributed by atoms with van der Waals surface area (Å²) >= 11 is 0. The first-order valence-corrected chi connectivity index (χ1v) is 12.5. The topological polar surface area (TPSA) is 108 Å². The van der Waals surface area contributed by atoms with Gasteiger partial charge < -0.3 is 37.9 Å². The van der Waals surface area contributed by atoms with E-state index in [2.05, 4.69) is 0 Å². The maximum Gasteiger partial charge on any atom is 0.508 e. The molecule has 5 unspecified atom stereocenters. The van der Waals surface area contributed by atoms with Gasteiger partial charge >= 0.3 is 12.3 Å². The van der Waals surface area contributed by atoms with Crippen LogP contribution in [0.15, 0.2) is 0 Å². The number of hydrogen-bond donors (Lipinski definition) is 0. The van der Waals surface area contributed by atoms with Crippen LogP contribution >= 0.6 is 0 Å². The summed E-state index contributed by atoms with van der Waals surface area (Å²) in [6, 6.07) is 0. The maximum absolute atomic E-state index is 11.6. The molecule has 0 amide bonds. The minimum absolute atomic E-state index is 0.115. The van der Waals surface area contributed by atoms with Gasteiger partial charge in [-0.15, -0.1) is 0 Å². The summed E-state index contributed by atoms with van der Waals surface area (Å²) in [5, 5.41) is 0. The Morgan fingerprint density at radius 1 is 0.429 bits per heavy atom. The average Bonchev–Trinajstić information content (AvgIpc) is 2.79. The van der Waals surface area contributed by atoms with Crippen molar-refractivity contribution in [2.24, 2.45) is 11.8 Å². The predicted molar refractivity (Wildman–Crippen MR) is 131 cm³/mol. The van der Waals surface area contributed by atoms with Gasteiger partial charge in [0, 0.05) is 0 Å². The molecule has 0 heterocycles. The lowest BCUT2D eigenvalue weighted by atomic mass is 10.2. The van der Waals surface area contributed by atoms with Crippen LogP contribution in [-0.2, 0) is 37.9 Å². The van der Waals surface area contributed by atoms with E-state index in [1.54, 1.807) is 6.92 Å². The Bertz CT molecular complexity index is 554. The molecule has 0 N–H and O–H groups in total. The van der Waals surface area contributed by atoms with Gasteiger partial charge in [-0.3, -0.25) is 0 Å². The summed E-state index contributed by atoms with van der Waals surface area (Å²) in [5.74, 6) is 0.508. The average molecular weight is 509 g/mol. The first-order valence-electron chi connectivity index (χ1n) is 12.5. The molecular weight excluding hydrogens is 460 g/mol. The van der Waals surface area contributed by atoms with Crippen LogP contribution < -0.4 is 0 Å². The molecule has 0 saturated carbocycles. The molecule has 0 bridgehead atoms. The van der Waals surface area contributed by atoms with Crippen molar-refractivity contribution < 1.29 is 47.5 Å². The van der Waals surface area contributed by atoms with E-state index < -0.39 is 18.4 Å². The fourth-order valence-electron chi connectivity index (χ4n) is 2.32. The molecule has 0 aliphatic heterocycles. The second kappa shape index (κ2) is 19.6. The lowest BCUT2D eigenvalue weighted by molar-refractivity contribution is -0.0969. The zero-order chi connectivity index (χ0) is 26.8. The lowest BCUT2D eigenvalue weighted by Gasteiger charge is -2.22. The van der Waals surface area contributed by atoms with Crippen LogP contribution in [0.4, 0.5) is 9.59 Å². The Balaban J connectivity index is 3.88. The Labute approximate surface area is 211 Å². The fraction of sp³-hybridized carbons (Fsp3) is 0.920. The Morgan fingerprint density at radius 2 is 0.743 bits per heavy atom. The Morgan fingerprint density at radius 3 is 1.14 bits per heavy atom. The fourth-order valence-corrected chi connectivity index (χ4v) is 2.32. The number of ether oxygens (including phenoxy) is 8. The van der Waals surface area contributed by atoms with Crippen LogP contribution in [0, 0.1) is 11.8 Å². The highest BCUT2D eigenvalue weighted by Crippen LogP contribution is 2.05. The molecule has 0 aromatic rings. The summed E-state index contributed by atoms with van der Waals surface area (Å²) in [6.07, 6.45) is -2.54. The van der Waals surface area contributed by atoms with Crippen LogP contribution in [0.2, 0.25) is 0 Å². The molecule has 35 heavy (non-hydrogen) atoms. The minimum Gasteiger partial charge on any atom is -0.434 e. The molecule has 0 rings (SSSR count). The third-order valence-corrected chi connectivity index (χ3v) is 4.26. The third-order valence-electron chi connectivity index (χ3n) is 4.26. The second-order valence-corrected chi connectivity index (χ2v) is 9.72. The van der Waals surface area contributed by atoms with Gasteiger partial charge in [0.25, 0.3) is 0 Å². The van der Waals surface area contributed by atoms with Crippen molar-refractivity contribution in [1.82, 2.24) is 0 Å². The summed E-state index contributed by atoms with van der Waals surface area (Å²) in [6.45, 7) is 19.2. The van der Waals surface area contributed by atoms with E-state index in [0.717, 1.165) is 0 Å². The van der Waals surface area contributed by atoms with E-state index in [4.69, 9.17) is 37.9 Å². The van der Waals surface area contributed by atoms with E-state index in [-0.39, 0.29) is 49.5 Å². The van der Waals surface area contributed by atoms with Crippen molar-refractivity contribution in [3.8, 4) is 0 Å². The highest BCUT2D eigenvalue weighted by molar-refractivity contribution is 5.60. The van der Waals surface area contributed by atoms with Gasteiger partial charge in [-0.1, -0.05) is 27.7 Å². The van der Waals surface area contributed by atoms with E-state index >= 15 is 0 Å². The van der Waals surface area contributed by atoms with Gasteiger partial charge in [-0.05, 0) is 46.5 Å². The Hall–Kier alpha value is -1.62. The highest BCUT2D eigenvalue weighted by Gasteiger charge is 2.15. The highest BCUT2D eigenvalue weighted by atomic mass is 16.7. The smallest absolute Gasteiger partial charge is 0.434 e. The molecule has 0 saturated heterocycles. The van der Waals surface area contributed by atoms with E-state index in [0.29, 0.717) is 33.0 Å². The van der Waals surface area contributed by atoms with Crippen LogP contribution in [0.1, 0.15) is 62.3 Å². The maximum atomic E-state index is 11.6. The van der Waals surface area contributed by atoms with Crippen LogP contribution in [0.5, 0.6) is 0 Å². The molecule has 208 valence electrons. The monoisotopic (exact) mass is 508 g/mol. The Kier molecular flexibility index (Phi) is 18.6. The summed E-state index contributed by atoms with van der Waals surface area (Å²) in [4.78, 5) is 23.0. The van der Waals surface area contributed by atoms with Crippen LogP contribution in [-0.4, -0.2) is 89.1 Å². The molecule has 0 fully saturated rings. The zero-order valence-corrected chi connectivity index (χ0v) is 23.1. The summed E-state index contributed by atoms with van der Waals surface area (Å²) < 4.78 is 43.0. The van der Waals surface area contributed by atoms with Crippen molar-refractivity contribution >= 4 is 12.3 Å². The van der Waals surface area contributed by atoms with Crippen LogP contribution in [0.3, 0.4) is 0 Å². The van der Waals surface area contributed by atoms with Crippen molar-refractivity contribution in [2.75, 3.05) is 46.2 Å². The number of carbonyl (C=O) groups excluding carboxylic acids is 2. The van der Waals surface area contributed by atoms with E-state index in [1.807, 2.05) is 55.4 Å². The van der Waals surface area contributed by atoms with Gasteiger partial charge in [0.1, 0.15) is 12.7 Å². The van der Waals surface area contributed by atoms with Crippen LogP contribution in [0.25, 0.3) is 0 Å². The number of hydrogen-bond acceptors (Lipinski definition) is 10. The first-order chi connectivity index (χ1) is 16.4. The molecule has 10 nitrogen and oxygen atoms in total. The molecule has 0 spiro atoms. The standard InChI is InChI=1S/C25H48O10/c1-17(2)10-32-24(26)34-15-22(8)30-13-20(6)28-12-19(5)29-14-21(7)31-16-23(9)35-25(27)33-11-18(3)4/h17-23H,10-16H2,1-9H3. The van der Waals surface area contributed by atoms with Crippen molar-refractivity contribution in [3.63, 3.8) is 0 Å². The van der Waals surface area contributed by atoms with Crippen molar-refractivity contribution in [3.05, 3.63) is 0 Å². The minimum atomic E-state index is -0.686. The zero-order valence-electron chi connectivity index (χ0n) is 23.1. The quantitative estimate of drug-likeness (QED) is 0.229. The van der Waals surface area contributed by atoms with Crippen molar-refractivity contribution in [1.29, 1.82) is 0 Å². The van der Waals surface area contributed by atoms with Gasteiger partial charge in [0.05, 0.1) is 64.1 Å². The molecular formula is C25H48O10. The van der Waals surface area contributed by atoms with Gasteiger partial charge in [-0.2, -0.15) is 0 Å². The molecule has 5 atom stereocenters.